The van der Waals surface area contributed by atoms with Gasteiger partial charge in [0.15, 0.2) is 6.61 Å². The van der Waals surface area contributed by atoms with Crippen LogP contribution >= 0.6 is 23.2 Å². The van der Waals surface area contributed by atoms with Crippen LogP contribution in [-0.2, 0) is 14.3 Å². The summed E-state index contributed by atoms with van der Waals surface area (Å²) < 4.78 is 4.92. The summed E-state index contributed by atoms with van der Waals surface area (Å²) in [6, 6.07) is 4.73. The summed E-state index contributed by atoms with van der Waals surface area (Å²) in [5, 5.41) is 3.39. The van der Waals surface area contributed by atoms with Gasteiger partial charge in [0, 0.05) is 5.02 Å². The van der Waals surface area contributed by atoms with Crippen molar-refractivity contribution >= 4 is 40.8 Å². The van der Waals surface area contributed by atoms with Crippen molar-refractivity contribution in [3.8, 4) is 0 Å². The maximum absolute atomic E-state index is 11.6. The number of nitrogens with one attached hydrogen (secondary N) is 1. The van der Waals surface area contributed by atoms with Gasteiger partial charge >= 0.3 is 5.97 Å². The number of amides is 1. The highest BCUT2D eigenvalue weighted by Gasteiger charge is 2.27. The predicted octanol–water partition coefficient (Wildman–Crippen LogP) is 3.28. The number of benzene rings is 1. The van der Waals surface area contributed by atoms with Crippen molar-refractivity contribution in [2.75, 3.05) is 11.9 Å². The van der Waals surface area contributed by atoms with Crippen LogP contribution < -0.4 is 5.32 Å². The highest BCUT2D eigenvalue weighted by molar-refractivity contribution is 6.36. The third kappa shape index (κ3) is 3.85. The molecule has 1 aromatic carbocycles. The standard InChI is InChI=1S/C13H13Cl2NO3/c14-9-4-5-11(10(15)6-9)16-12(17)7-19-13(18)8-2-1-3-8/h4-6,8H,1-3,7H2,(H,16,17). The molecule has 102 valence electrons. The molecule has 0 heterocycles. The van der Waals surface area contributed by atoms with E-state index in [1.54, 1.807) is 12.1 Å². The van der Waals surface area contributed by atoms with Crippen molar-refractivity contribution < 1.29 is 14.3 Å². The molecule has 1 N–H and O–H groups in total. The quantitative estimate of drug-likeness (QED) is 0.868. The van der Waals surface area contributed by atoms with E-state index in [1.807, 2.05) is 0 Å². The van der Waals surface area contributed by atoms with E-state index in [0.29, 0.717) is 15.7 Å². The Morgan fingerprint density at radius 2 is 2.05 bits per heavy atom. The second-order valence-electron chi connectivity index (χ2n) is 4.41. The molecule has 6 heteroatoms. The van der Waals surface area contributed by atoms with Crippen molar-refractivity contribution in [2.24, 2.45) is 5.92 Å². The maximum atomic E-state index is 11.6. The van der Waals surface area contributed by atoms with Crippen LogP contribution in [0.1, 0.15) is 19.3 Å². The summed E-state index contributed by atoms with van der Waals surface area (Å²) in [4.78, 5) is 23.1. The smallest absolute Gasteiger partial charge is 0.309 e. The molecule has 0 spiro atoms. The molecule has 1 aliphatic rings. The second kappa shape index (κ2) is 6.26. The van der Waals surface area contributed by atoms with Crippen LogP contribution in [0.3, 0.4) is 0 Å². The maximum Gasteiger partial charge on any atom is 0.309 e. The fourth-order valence-corrected chi connectivity index (χ4v) is 2.13. The Morgan fingerprint density at radius 1 is 1.32 bits per heavy atom. The first-order valence-corrected chi connectivity index (χ1v) is 6.73. The SMILES string of the molecule is O=C(COC(=O)C1CCC1)Nc1ccc(Cl)cc1Cl. The minimum absolute atomic E-state index is 0.0353. The fourth-order valence-electron chi connectivity index (χ4n) is 1.68. The molecule has 0 aliphatic heterocycles. The Hall–Kier alpha value is -1.26. The van der Waals surface area contributed by atoms with Gasteiger partial charge in [0.1, 0.15) is 0 Å². The fraction of sp³-hybridized carbons (Fsp3) is 0.385. The summed E-state index contributed by atoms with van der Waals surface area (Å²) in [5.74, 6) is -0.757. The molecule has 0 saturated heterocycles. The van der Waals surface area contributed by atoms with E-state index in [2.05, 4.69) is 5.32 Å². The van der Waals surface area contributed by atoms with Crippen LogP contribution in [0.5, 0.6) is 0 Å². The summed E-state index contributed by atoms with van der Waals surface area (Å²) in [7, 11) is 0. The number of hydrogen-bond donors (Lipinski definition) is 1. The first-order valence-electron chi connectivity index (χ1n) is 5.98. The Morgan fingerprint density at radius 3 is 2.63 bits per heavy atom. The van der Waals surface area contributed by atoms with Crippen molar-refractivity contribution in [3.63, 3.8) is 0 Å². The van der Waals surface area contributed by atoms with E-state index in [-0.39, 0.29) is 18.5 Å². The van der Waals surface area contributed by atoms with Gasteiger partial charge < -0.3 is 10.1 Å². The van der Waals surface area contributed by atoms with Crippen molar-refractivity contribution in [1.82, 2.24) is 0 Å². The van der Waals surface area contributed by atoms with E-state index in [4.69, 9.17) is 27.9 Å². The van der Waals surface area contributed by atoms with Gasteiger partial charge in [-0.25, -0.2) is 0 Å². The van der Waals surface area contributed by atoms with Gasteiger partial charge in [-0.2, -0.15) is 0 Å². The molecule has 19 heavy (non-hydrogen) atoms. The molecule has 0 bridgehead atoms. The first kappa shape index (κ1) is 14.2. The van der Waals surface area contributed by atoms with Crippen molar-refractivity contribution in [2.45, 2.75) is 19.3 Å². The summed E-state index contributed by atoms with van der Waals surface area (Å²) in [6.45, 7) is -0.297. The zero-order valence-electron chi connectivity index (χ0n) is 10.1. The molecule has 2 rings (SSSR count). The Kier molecular flexibility index (Phi) is 4.66. The number of esters is 1. The minimum atomic E-state index is -0.420. The lowest BCUT2D eigenvalue weighted by atomic mass is 9.86. The average Bonchev–Trinajstić information content (AvgIpc) is 2.28. The third-order valence-electron chi connectivity index (χ3n) is 2.99. The number of ether oxygens (including phenoxy) is 1. The molecule has 1 aliphatic carbocycles. The monoisotopic (exact) mass is 301 g/mol. The molecular weight excluding hydrogens is 289 g/mol. The molecule has 0 radical (unpaired) electrons. The van der Waals surface area contributed by atoms with Gasteiger partial charge in [-0.15, -0.1) is 0 Å². The van der Waals surface area contributed by atoms with Crippen LogP contribution in [0.4, 0.5) is 5.69 Å². The van der Waals surface area contributed by atoms with Gasteiger partial charge in [0.2, 0.25) is 0 Å². The number of carbonyl (C=O) groups excluding carboxylic acids is 2. The zero-order valence-corrected chi connectivity index (χ0v) is 11.6. The zero-order chi connectivity index (χ0) is 13.8. The largest absolute Gasteiger partial charge is 0.455 e. The predicted molar refractivity (Wildman–Crippen MR) is 73.4 cm³/mol. The average molecular weight is 302 g/mol. The van der Waals surface area contributed by atoms with E-state index < -0.39 is 5.91 Å². The number of hydrogen-bond acceptors (Lipinski definition) is 3. The van der Waals surface area contributed by atoms with Gasteiger partial charge in [-0.1, -0.05) is 29.6 Å². The van der Waals surface area contributed by atoms with Crippen LogP contribution in [0.25, 0.3) is 0 Å². The normalized spacial score (nSPS) is 14.6. The first-order chi connectivity index (χ1) is 9.06. The molecule has 0 aromatic heterocycles. The molecule has 1 amide bonds. The Labute approximate surface area is 121 Å². The van der Waals surface area contributed by atoms with Crippen molar-refractivity contribution in [3.05, 3.63) is 28.2 Å². The molecule has 1 aromatic rings. The number of halogens is 2. The number of anilines is 1. The Bertz CT molecular complexity index is 501. The summed E-state index contributed by atoms with van der Waals surface area (Å²) in [6.07, 6.45) is 2.75. The van der Waals surface area contributed by atoms with Crippen molar-refractivity contribution in [1.29, 1.82) is 0 Å². The van der Waals surface area contributed by atoms with Gasteiger partial charge in [-0.05, 0) is 31.0 Å². The topological polar surface area (TPSA) is 55.4 Å². The third-order valence-corrected chi connectivity index (χ3v) is 3.54. The van der Waals surface area contributed by atoms with E-state index in [0.717, 1.165) is 19.3 Å². The lowest BCUT2D eigenvalue weighted by Crippen LogP contribution is -2.28. The molecule has 0 unspecified atom stereocenters. The lowest BCUT2D eigenvalue weighted by Gasteiger charge is -2.22. The molecule has 0 atom stereocenters. The van der Waals surface area contributed by atoms with Crippen LogP contribution in [0, 0.1) is 5.92 Å². The van der Waals surface area contributed by atoms with Gasteiger partial charge in [0.05, 0.1) is 16.6 Å². The van der Waals surface area contributed by atoms with Crippen LogP contribution in [0.15, 0.2) is 18.2 Å². The van der Waals surface area contributed by atoms with Crippen LogP contribution in [-0.4, -0.2) is 18.5 Å². The summed E-state index contributed by atoms with van der Waals surface area (Å²) in [5.41, 5.74) is 0.441. The number of carbonyl (C=O) groups is 2. The Balaban J connectivity index is 1.81. The number of rotatable bonds is 4. The molecule has 4 nitrogen and oxygen atoms in total. The summed E-state index contributed by atoms with van der Waals surface area (Å²) >= 11 is 11.7. The lowest BCUT2D eigenvalue weighted by molar-refractivity contribution is -0.154. The minimum Gasteiger partial charge on any atom is -0.455 e. The van der Waals surface area contributed by atoms with Gasteiger partial charge in [-0.3, -0.25) is 9.59 Å². The highest BCUT2D eigenvalue weighted by Crippen LogP contribution is 2.27. The molecule has 1 saturated carbocycles. The van der Waals surface area contributed by atoms with E-state index >= 15 is 0 Å². The van der Waals surface area contributed by atoms with E-state index in [1.165, 1.54) is 6.07 Å². The molecule has 1 fully saturated rings. The highest BCUT2D eigenvalue weighted by atomic mass is 35.5. The van der Waals surface area contributed by atoms with Gasteiger partial charge in [0.25, 0.3) is 5.91 Å². The van der Waals surface area contributed by atoms with E-state index in [9.17, 15) is 9.59 Å². The van der Waals surface area contributed by atoms with Crippen LogP contribution in [0.2, 0.25) is 10.0 Å². The second-order valence-corrected chi connectivity index (χ2v) is 5.25. The molecular formula is C13H13Cl2NO3.